The first-order valence-electron chi connectivity index (χ1n) is 9.17. The molecule has 2 heteroatoms. The van der Waals surface area contributed by atoms with E-state index >= 15 is 0 Å². The summed E-state index contributed by atoms with van der Waals surface area (Å²) in [4.78, 5) is 0. The van der Waals surface area contributed by atoms with Gasteiger partial charge in [-0.3, -0.25) is 0 Å². The molecule has 0 bridgehead atoms. The van der Waals surface area contributed by atoms with Crippen LogP contribution in [0.1, 0.15) is 36.1 Å². The molecule has 0 spiro atoms. The molecule has 0 aliphatic carbocycles. The molecular formula is C28H38SiZr-6. The van der Waals surface area contributed by atoms with Crippen LogP contribution in [0.15, 0.2) is 60.7 Å². The van der Waals surface area contributed by atoms with Crippen LogP contribution < -0.4 is 0 Å². The molecule has 0 fully saturated rings. The van der Waals surface area contributed by atoms with Crippen molar-refractivity contribution in [3.8, 4) is 0 Å². The fourth-order valence-corrected chi connectivity index (χ4v) is 3.52. The van der Waals surface area contributed by atoms with Crippen molar-refractivity contribution < 1.29 is 23.3 Å². The Hall–Kier alpha value is -1.24. The van der Waals surface area contributed by atoms with Crippen molar-refractivity contribution in [3.63, 3.8) is 0 Å². The van der Waals surface area contributed by atoms with E-state index in [-0.39, 0.29) is 29.7 Å². The number of hydrogen-bond acceptors (Lipinski definition) is 0. The molecule has 0 aromatic heterocycles. The SMILES string of the molecule is CCc1cccc2[cH-]c(C)cc12.CCc1cccc2[cH-]c(C)cc12.[CH3-].[CH3-].[CH3-].[CH3-].[Si]=[Zr]. The fraction of sp³-hybridized carbons (Fsp3) is 0.214. The van der Waals surface area contributed by atoms with Crippen LogP contribution in [-0.4, -0.2) is 6.88 Å². The van der Waals surface area contributed by atoms with E-state index in [1.54, 1.807) is 0 Å². The van der Waals surface area contributed by atoms with Crippen LogP contribution in [0.3, 0.4) is 0 Å². The van der Waals surface area contributed by atoms with Crippen molar-refractivity contribution in [1.82, 2.24) is 0 Å². The van der Waals surface area contributed by atoms with E-state index in [2.05, 4.69) is 95.2 Å². The molecular weight excluding hydrogens is 456 g/mol. The molecule has 0 aliphatic heterocycles. The Morgan fingerprint density at radius 3 is 1.30 bits per heavy atom. The Morgan fingerprint density at radius 2 is 1.00 bits per heavy atom. The first-order valence-corrected chi connectivity index (χ1v) is 13.4. The Balaban J connectivity index is -0.000000400. The summed E-state index contributed by atoms with van der Waals surface area (Å²) in [5.74, 6) is 0. The molecule has 0 heterocycles. The molecule has 0 atom stereocenters. The average molecular weight is 494 g/mol. The monoisotopic (exact) mass is 492 g/mol. The zero-order chi connectivity index (χ0) is 19.1. The van der Waals surface area contributed by atoms with E-state index in [9.17, 15) is 0 Å². The fourth-order valence-electron chi connectivity index (χ4n) is 3.52. The summed E-state index contributed by atoms with van der Waals surface area (Å²) >= 11 is 1.36. The minimum absolute atomic E-state index is 0. The van der Waals surface area contributed by atoms with Crippen LogP contribution >= 0.6 is 0 Å². The van der Waals surface area contributed by atoms with E-state index < -0.39 is 0 Å². The van der Waals surface area contributed by atoms with Crippen molar-refractivity contribution in [3.05, 3.63) is 113 Å². The van der Waals surface area contributed by atoms with Gasteiger partial charge in [-0.25, -0.2) is 0 Å². The standard InChI is InChI=1S/2C12H13.4CH3.Si.Zr/c2*1-3-10-5-4-6-11-7-9(2)8-12(10)11;;;;;;/h2*4-8H,3H2,1-2H3;4*1H3;;/q6*-1;;. The Labute approximate surface area is 204 Å². The predicted molar refractivity (Wildman–Crippen MR) is 139 cm³/mol. The summed E-state index contributed by atoms with van der Waals surface area (Å²) in [6, 6.07) is 22.1. The van der Waals surface area contributed by atoms with Crippen molar-refractivity contribution >= 4 is 28.4 Å². The van der Waals surface area contributed by atoms with Gasteiger partial charge in [-0.1, -0.05) is 51.0 Å². The zero-order valence-corrected chi connectivity index (χ0v) is 23.6. The van der Waals surface area contributed by atoms with Crippen LogP contribution in [0.2, 0.25) is 0 Å². The van der Waals surface area contributed by atoms with Crippen molar-refractivity contribution in [1.29, 1.82) is 0 Å². The topological polar surface area (TPSA) is 0 Å². The summed E-state index contributed by atoms with van der Waals surface area (Å²) in [5.41, 5.74) is 5.65. The molecule has 164 valence electrons. The third-order valence-corrected chi connectivity index (χ3v) is 4.73. The minimum atomic E-state index is 0. The molecule has 2 radical (unpaired) electrons. The molecule has 0 saturated carbocycles. The number of aryl methyl sites for hydroxylation is 4. The first-order chi connectivity index (χ1) is 12.6. The van der Waals surface area contributed by atoms with E-state index in [1.807, 2.05) is 0 Å². The zero-order valence-electron chi connectivity index (χ0n) is 20.2. The molecule has 0 aliphatic rings. The third-order valence-electron chi connectivity index (χ3n) is 4.73. The van der Waals surface area contributed by atoms with E-state index in [1.165, 1.54) is 67.1 Å². The predicted octanol–water partition coefficient (Wildman–Crippen LogP) is 8.28. The van der Waals surface area contributed by atoms with Crippen molar-refractivity contribution in [2.45, 2.75) is 40.5 Å². The molecule has 4 rings (SSSR count). The van der Waals surface area contributed by atoms with Crippen LogP contribution in [0, 0.1) is 43.6 Å². The molecule has 0 nitrogen and oxygen atoms in total. The van der Waals surface area contributed by atoms with Crippen LogP contribution in [0.4, 0.5) is 0 Å². The number of fused-ring (bicyclic) bond motifs is 2. The van der Waals surface area contributed by atoms with Gasteiger partial charge in [-0.05, 0) is 12.8 Å². The van der Waals surface area contributed by atoms with Gasteiger partial charge in [0.05, 0.1) is 0 Å². The van der Waals surface area contributed by atoms with E-state index in [0.29, 0.717) is 0 Å². The van der Waals surface area contributed by atoms with E-state index in [0.717, 1.165) is 12.8 Å². The maximum absolute atomic E-state index is 3.06. The maximum atomic E-state index is 3.06. The van der Waals surface area contributed by atoms with Crippen LogP contribution in [0.25, 0.3) is 21.5 Å². The number of hydrogen-bond donors (Lipinski definition) is 0. The van der Waals surface area contributed by atoms with Gasteiger partial charge in [0.1, 0.15) is 0 Å². The average Bonchev–Trinajstić information content (AvgIpc) is 3.23. The van der Waals surface area contributed by atoms with Crippen LogP contribution in [0.5, 0.6) is 0 Å². The van der Waals surface area contributed by atoms with E-state index in [4.69, 9.17) is 0 Å². The van der Waals surface area contributed by atoms with Gasteiger partial charge in [0.25, 0.3) is 0 Å². The molecule has 0 N–H and O–H groups in total. The normalized spacial score (nSPS) is 8.77. The van der Waals surface area contributed by atoms with Gasteiger partial charge in [0.15, 0.2) is 0 Å². The van der Waals surface area contributed by atoms with Gasteiger partial charge < -0.3 is 29.7 Å². The molecule has 30 heavy (non-hydrogen) atoms. The summed E-state index contributed by atoms with van der Waals surface area (Å²) < 4.78 is 0. The molecule has 0 saturated heterocycles. The summed E-state index contributed by atoms with van der Waals surface area (Å²) in [5, 5.41) is 5.62. The Morgan fingerprint density at radius 1 is 0.667 bits per heavy atom. The second kappa shape index (κ2) is 16.5. The van der Waals surface area contributed by atoms with Gasteiger partial charge >= 0.3 is 30.2 Å². The summed E-state index contributed by atoms with van der Waals surface area (Å²) in [6.45, 7) is 11.8. The van der Waals surface area contributed by atoms with Gasteiger partial charge in [0, 0.05) is 0 Å². The summed E-state index contributed by atoms with van der Waals surface area (Å²) in [6.07, 6.45) is 2.25. The Kier molecular flexibility index (Phi) is 18.3. The second-order valence-electron chi connectivity index (χ2n) is 6.61. The van der Waals surface area contributed by atoms with Crippen molar-refractivity contribution in [2.24, 2.45) is 0 Å². The third kappa shape index (κ3) is 8.12. The Bertz CT molecular complexity index is 895. The molecule has 4 aromatic rings. The number of benzene rings is 2. The first kappa shape index (κ1) is 33.4. The van der Waals surface area contributed by atoms with Crippen LogP contribution in [-0.2, 0) is 36.2 Å². The van der Waals surface area contributed by atoms with Gasteiger partial charge in [-0.15, -0.1) is 69.1 Å². The van der Waals surface area contributed by atoms with Gasteiger partial charge in [0.2, 0.25) is 0 Å². The number of rotatable bonds is 2. The molecule has 0 unspecified atom stereocenters. The second-order valence-corrected chi connectivity index (χ2v) is 6.61. The quantitative estimate of drug-likeness (QED) is 0.195. The van der Waals surface area contributed by atoms with Crippen molar-refractivity contribution in [2.75, 3.05) is 0 Å². The van der Waals surface area contributed by atoms with Gasteiger partial charge in [-0.2, -0.15) is 12.1 Å². The molecule has 0 amide bonds. The molecule has 4 aromatic carbocycles. The summed E-state index contributed by atoms with van der Waals surface area (Å²) in [7, 11) is 0.